The third kappa shape index (κ3) is 6.95. The number of nitrogens with one attached hydrogen (secondary N) is 2. The van der Waals surface area contributed by atoms with E-state index in [9.17, 15) is 9.90 Å². The number of carbonyl (C=O) groups excluding carboxylic acids is 1. The smallest absolute Gasteiger partial charge is 0.222 e. The third-order valence-electron chi connectivity index (χ3n) is 5.04. The standard InChI is InChI=1S/C22H30N4O2S.HI/c1-3-23-21(25-16-22(2,28)19-9-11-29-15-19)24-13-17-6-4-7-18(12-17)14-26-10-5-8-20(26)27;/h4,6-7,9,11-12,15,28H,3,5,8,10,13-14,16H2,1-2H3,(H2,23,24,25);1H. The molecular weight excluding hydrogens is 511 g/mol. The van der Waals surface area contributed by atoms with E-state index in [1.54, 1.807) is 18.3 Å². The van der Waals surface area contributed by atoms with Crippen LogP contribution in [0.4, 0.5) is 0 Å². The van der Waals surface area contributed by atoms with Gasteiger partial charge in [-0.15, -0.1) is 24.0 Å². The number of carbonyl (C=O) groups is 1. The Hall–Kier alpha value is -1.65. The van der Waals surface area contributed by atoms with Crippen molar-refractivity contribution in [2.75, 3.05) is 19.6 Å². The summed E-state index contributed by atoms with van der Waals surface area (Å²) in [5.41, 5.74) is 2.16. The number of amides is 1. The van der Waals surface area contributed by atoms with Gasteiger partial charge in [-0.1, -0.05) is 24.3 Å². The fourth-order valence-electron chi connectivity index (χ4n) is 3.36. The second-order valence-corrected chi connectivity index (χ2v) is 8.35. The highest BCUT2D eigenvalue weighted by atomic mass is 127. The Morgan fingerprint density at radius 2 is 2.10 bits per heavy atom. The van der Waals surface area contributed by atoms with Gasteiger partial charge < -0.3 is 20.6 Å². The molecule has 3 N–H and O–H groups in total. The minimum atomic E-state index is -0.960. The van der Waals surface area contributed by atoms with Crippen molar-refractivity contribution in [3.05, 3.63) is 57.8 Å². The normalized spacial score (nSPS) is 16.2. The summed E-state index contributed by atoms with van der Waals surface area (Å²) in [4.78, 5) is 18.4. The molecule has 1 atom stereocenters. The monoisotopic (exact) mass is 542 g/mol. The largest absolute Gasteiger partial charge is 0.384 e. The first kappa shape index (κ1) is 24.6. The van der Waals surface area contributed by atoms with Crippen molar-refractivity contribution in [2.45, 2.75) is 45.4 Å². The van der Waals surface area contributed by atoms with Crippen molar-refractivity contribution in [3.8, 4) is 0 Å². The van der Waals surface area contributed by atoms with E-state index in [2.05, 4.69) is 27.8 Å². The average Bonchev–Trinajstić information content (AvgIpc) is 3.37. The Labute approximate surface area is 199 Å². The number of benzene rings is 1. The van der Waals surface area contributed by atoms with Crippen molar-refractivity contribution in [3.63, 3.8) is 0 Å². The highest BCUT2D eigenvalue weighted by molar-refractivity contribution is 14.0. The summed E-state index contributed by atoms with van der Waals surface area (Å²) >= 11 is 1.57. The maximum absolute atomic E-state index is 11.9. The van der Waals surface area contributed by atoms with Crippen molar-refractivity contribution in [1.29, 1.82) is 0 Å². The Morgan fingerprint density at radius 1 is 1.30 bits per heavy atom. The van der Waals surface area contributed by atoms with E-state index in [1.165, 1.54) is 0 Å². The minimum absolute atomic E-state index is 0. The molecule has 1 aliphatic rings. The van der Waals surface area contributed by atoms with Crippen LogP contribution >= 0.6 is 35.3 Å². The predicted octanol–water partition coefficient (Wildman–Crippen LogP) is 3.45. The third-order valence-corrected chi connectivity index (χ3v) is 5.73. The quantitative estimate of drug-likeness (QED) is 0.272. The highest BCUT2D eigenvalue weighted by Gasteiger charge is 2.23. The van der Waals surface area contributed by atoms with Crippen LogP contribution in [-0.4, -0.2) is 41.5 Å². The summed E-state index contributed by atoms with van der Waals surface area (Å²) in [5.74, 6) is 0.910. The lowest BCUT2D eigenvalue weighted by Gasteiger charge is -2.24. The lowest BCUT2D eigenvalue weighted by atomic mass is 9.99. The number of halogens is 1. The molecule has 0 bridgehead atoms. The van der Waals surface area contributed by atoms with Crippen LogP contribution in [0, 0.1) is 0 Å². The first-order valence-electron chi connectivity index (χ1n) is 10.1. The molecule has 30 heavy (non-hydrogen) atoms. The molecule has 1 amide bonds. The van der Waals surface area contributed by atoms with Crippen LogP contribution in [0.1, 0.15) is 43.4 Å². The van der Waals surface area contributed by atoms with Crippen LogP contribution in [-0.2, 0) is 23.5 Å². The molecule has 164 valence electrons. The number of hydrogen-bond acceptors (Lipinski definition) is 4. The van der Waals surface area contributed by atoms with E-state index in [4.69, 9.17) is 0 Å². The number of aliphatic hydroxyl groups is 1. The van der Waals surface area contributed by atoms with E-state index in [0.29, 0.717) is 32.0 Å². The SMILES string of the molecule is CCNC(=NCc1cccc(CN2CCCC2=O)c1)NCC(C)(O)c1ccsc1.I. The van der Waals surface area contributed by atoms with Crippen LogP contribution in [0.3, 0.4) is 0 Å². The Kier molecular flexibility index (Phi) is 9.57. The summed E-state index contributed by atoms with van der Waals surface area (Å²) in [6.07, 6.45) is 1.62. The van der Waals surface area contributed by atoms with Gasteiger partial charge in [-0.05, 0) is 53.8 Å². The maximum atomic E-state index is 11.9. The van der Waals surface area contributed by atoms with Crippen molar-refractivity contribution >= 4 is 47.2 Å². The first-order chi connectivity index (χ1) is 14.0. The summed E-state index contributed by atoms with van der Waals surface area (Å²) in [6, 6.07) is 10.2. The molecule has 1 aromatic heterocycles. The van der Waals surface area contributed by atoms with Gasteiger partial charge in [0.15, 0.2) is 5.96 Å². The van der Waals surface area contributed by atoms with E-state index in [0.717, 1.165) is 36.2 Å². The lowest BCUT2D eigenvalue weighted by molar-refractivity contribution is -0.128. The van der Waals surface area contributed by atoms with Gasteiger partial charge in [-0.2, -0.15) is 11.3 Å². The van der Waals surface area contributed by atoms with Crippen LogP contribution in [0.2, 0.25) is 0 Å². The van der Waals surface area contributed by atoms with E-state index >= 15 is 0 Å². The van der Waals surface area contributed by atoms with E-state index in [-0.39, 0.29) is 29.9 Å². The zero-order valence-electron chi connectivity index (χ0n) is 17.6. The number of aliphatic imine (C=N–C) groups is 1. The predicted molar refractivity (Wildman–Crippen MR) is 133 cm³/mol. The number of rotatable bonds is 8. The molecule has 1 unspecified atom stereocenters. The van der Waals surface area contributed by atoms with Gasteiger partial charge >= 0.3 is 0 Å². The molecule has 0 radical (unpaired) electrons. The van der Waals surface area contributed by atoms with Gasteiger partial charge in [0, 0.05) is 26.1 Å². The van der Waals surface area contributed by atoms with Crippen LogP contribution in [0.5, 0.6) is 0 Å². The van der Waals surface area contributed by atoms with Crippen molar-refractivity contribution in [1.82, 2.24) is 15.5 Å². The Bertz CT molecular complexity index is 839. The number of thiophene rings is 1. The number of guanidine groups is 1. The van der Waals surface area contributed by atoms with Crippen LogP contribution in [0.25, 0.3) is 0 Å². The first-order valence-corrected chi connectivity index (χ1v) is 11.0. The molecule has 3 rings (SSSR count). The number of hydrogen-bond donors (Lipinski definition) is 3. The van der Waals surface area contributed by atoms with Gasteiger partial charge in [0.2, 0.25) is 5.91 Å². The summed E-state index contributed by atoms with van der Waals surface area (Å²) in [6.45, 7) is 6.96. The topological polar surface area (TPSA) is 77.0 Å². The van der Waals surface area contributed by atoms with E-state index < -0.39 is 5.60 Å². The van der Waals surface area contributed by atoms with E-state index in [1.807, 2.05) is 40.8 Å². The zero-order valence-corrected chi connectivity index (χ0v) is 20.7. The second kappa shape index (κ2) is 11.7. The summed E-state index contributed by atoms with van der Waals surface area (Å²) < 4.78 is 0. The molecule has 0 saturated carbocycles. The fraction of sp³-hybridized carbons (Fsp3) is 0.455. The number of nitrogens with zero attached hydrogens (tertiary/aromatic N) is 2. The van der Waals surface area contributed by atoms with Gasteiger partial charge in [-0.3, -0.25) is 4.79 Å². The van der Waals surface area contributed by atoms with Gasteiger partial charge in [0.25, 0.3) is 0 Å². The molecule has 0 spiro atoms. The van der Waals surface area contributed by atoms with Gasteiger partial charge in [-0.25, -0.2) is 4.99 Å². The molecule has 1 aromatic carbocycles. The molecule has 6 nitrogen and oxygen atoms in total. The van der Waals surface area contributed by atoms with Crippen molar-refractivity contribution < 1.29 is 9.90 Å². The second-order valence-electron chi connectivity index (χ2n) is 7.57. The summed E-state index contributed by atoms with van der Waals surface area (Å²) in [7, 11) is 0. The van der Waals surface area contributed by atoms with Crippen LogP contribution < -0.4 is 10.6 Å². The fourth-order valence-corrected chi connectivity index (χ4v) is 4.14. The maximum Gasteiger partial charge on any atom is 0.222 e. The Balaban J connectivity index is 0.00000320. The summed E-state index contributed by atoms with van der Waals surface area (Å²) in [5, 5.41) is 21.1. The molecule has 0 aliphatic carbocycles. The van der Waals surface area contributed by atoms with Crippen LogP contribution in [0.15, 0.2) is 46.1 Å². The molecule has 2 aromatic rings. The van der Waals surface area contributed by atoms with Crippen molar-refractivity contribution in [2.24, 2.45) is 4.99 Å². The van der Waals surface area contributed by atoms with Gasteiger partial charge in [0.05, 0.1) is 13.1 Å². The number of likely N-dealkylation sites (tertiary alicyclic amines) is 1. The molecule has 8 heteroatoms. The highest BCUT2D eigenvalue weighted by Crippen LogP contribution is 2.22. The molecular formula is C22H31IN4O2S. The minimum Gasteiger partial charge on any atom is -0.384 e. The Morgan fingerprint density at radius 3 is 2.77 bits per heavy atom. The zero-order chi connectivity index (χ0) is 20.7. The molecule has 1 saturated heterocycles. The molecule has 2 heterocycles. The molecule has 1 fully saturated rings. The average molecular weight is 542 g/mol. The lowest BCUT2D eigenvalue weighted by Crippen LogP contribution is -2.44. The van der Waals surface area contributed by atoms with Gasteiger partial charge in [0.1, 0.15) is 5.60 Å². The molecule has 1 aliphatic heterocycles.